The molecule has 1 aliphatic rings. The predicted octanol–water partition coefficient (Wildman–Crippen LogP) is 1.90. The minimum Gasteiger partial charge on any atom is -0.478 e. The van der Waals surface area contributed by atoms with Crippen molar-refractivity contribution in [1.82, 2.24) is 9.88 Å². The van der Waals surface area contributed by atoms with Crippen molar-refractivity contribution in [3.05, 3.63) is 22.9 Å². The molecule has 1 fully saturated rings. The van der Waals surface area contributed by atoms with Crippen molar-refractivity contribution in [2.45, 2.75) is 32.7 Å². The van der Waals surface area contributed by atoms with E-state index in [-0.39, 0.29) is 0 Å². The number of aromatic nitrogens is 1. The smallest absolute Gasteiger partial charge is 0.339 e. The summed E-state index contributed by atoms with van der Waals surface area (Å²) in [5.41, 5.74) is 1.90. The molecule has 2 rings (SSSR count). The van der Waals surface area contributed by atoms with Crippen LogP contribution in [-0.4, -0.2) is 47.1 Å². The number of nitrogens with zero attached hydrogens (tertiary/aromatic N) is 2. The van der Waals surface area contributed by atoms with Gasteiger partial charge >= 0.3 is 5.97 Å². The van der Waals surface area contributed by atoms with E-state index in [2.05, 4.69) is 22.2 Å². The van der Waals surface area contributed by atoms with E-state index in [0.717, 1.165) is 37.2 Å². The van der Waals surface area contributed by atoms with Crippen molar-refractivity contribution in [3.63, 3.8) is 0 Å². The maximum Gasteiger partial charge on any atom is 0.339 e. The average molecular weight is 263 g/mol. The van der Waals surface area contributed by atoms with Gasteiger partial charge in [0.2, 0.25) is 0 Å². The Kier molecular flexibility index (Phi) is 4.04. The van der Waals surface area contributed by atoms with Crippen LogP contribution in [0.2, 0.25) is 0 Å². The van der Waals surface area contributed by atoms with Gasteiger partial charge in [0.15, 0.2) is 0 Å². The van der Waals surface area contributed by atoms with Gasteiger partial charge in [0.1, 0.15) is 11.4 Å². The number of rotatable bonds is 3. The Balaban J connectivity index is 2.21. The Morgan fingerprint density at radius 3 is 2.63 bits per heavy atom. The molecule has 0 amide bonds. The zero-order valence-corrected chi connectivity index (χ0v) is 11.7. The van der Waals surface area contributed by atoms with E-state index in [1.54, 1.807) is 0 Å². The van der Waals surface area contributed by atoms with E-state index in [9.17, 15) is 9.90 Å². The van der Waals surface area contributed by atoms with Crippen LogP contribution in [0.4, 0.5) is 5.82 Å². The van der Waals surface area contributed by atoms with Gasteiger partial charge in [0, 0.05) is 11.7 Å². The molecular formula is C14H21N3O2. The van der Waals surface area contributed by atoms with Crippen molar-refractivity contribution in [3.8, 4) is 0 Å². The Morgan fingerprint density at radius 2 is 2.05 bits per heavy atom. The number of aromatic carboxylic acids is 1. The van der Waals surface area contributed by atoms with Crippen LogP contribution < -0.4 is 5.32 Å². The number of anilines is 1. The van der Waals surface area contributed by atoms with Crippen LogP contribution in [0.25, 0.3) is 0 Å². The van der Waals surface area contributed by atoms with Crippen LogP contribution in [0, 0.1) is 13.8 Å². The molecule has 0 spiro atoms. The Labute approximate surface area is 113 Å². The number of likely N-dealkylation sites (tertiary alicyclic amines) is 1. The summed E-state index contributed by atoms with van der Waals surface area (Å²) in [6, 6.07) is 2.12. The third-order valence-electron chi connectivity index (χ3n) is 3.62. The highest BCUT2D eigenvalue weighted by atomic mass is 16.4. The minimum absolute atomic E-state index is 0.296. The summed E-state index contributed by atoms with van der Waals surface area (Å²) in [6.07, 6.45) is 2.04. The third-order valence-corrected chi connectivity index (χ3v) is 3.62. The maximum atomic E-state index is 11.4. The fourth-order valence-electron chi connectivity index (χ4n) is 2.56. The molecule has 0 radical (unpaired) electrons. The van der Waals surface area contributed by atoms with Gasteiger partial charge in [-0.15, -0.1) is 0 Å². The largest absolute Gasteiger partial charge is 0.478 e. The number of hydrogen-bond donors (Lipinski definition) is 2. The van der Waals surface area contributed by atoms with Crippen LogP contribution in [0.1, 0.15) is 34.5 Å². The van der Waals surface area contributed by atoms with Crippen LogP contribution in [0.15, 0.2) is 6.07 Å². The van der Waals surface area contributed by atoms with E-state index >= 15 is 0 Å². The number of carbonyl (C=O) groups is 1. The molecule has 5 heteroatoms. The Morgan fingerprint density at radius 1 is 1.42 bits per heavy atom. The number of piperidine rings is 1. The molecule has 1 saturated heterocycles. The summed E-state index contributed by atoms with van der Waals surface area (Å²) in [6.45, 7) is 5.77. The van der Waals surface area contributed by atoms with Crippen molar-refractivity contribution in [2.24, 2.45) is 0 Å². The number of carboxylic acids is 1. The highest BCUT2D eigenvalue weighted by molar-refractivity contribution is 5.94. The van der Waals surface area contributed by atoms with Gasteiger partial charge < -0.3 is 15.3 Å². The normalized spacial score (nSPS) is 17.4. The first-order valence-electron chi connectivity index (χ1n) is 6.64. The molecule has 104 valence electrons. The van der Waals surface area contributed by atoms with Gasteiger partial charge in [0.25, 0.3) is 0 Å². The summed E-state index contributed by atoms with van der Waals surface area (Å²) in [5, 5.41) is 12.6. The lowest BCUT2D eigenvalue weighted by molar-refractivity contribution is 0.0696. The summed E-state index contributed by atoms with van der Waals surface area (Å²) in [7, 11) is 2.11. The van der Waals surface area contributed by atoms with E-state index in [1.807, 2.05) is 19.9 Å². The SMILES string of the molecule is Cc1cc(C)c(C(=O)O)c(NC2CCN(C)CC2)n1. The lowest BCUT2D eigenvalue weighted by Gasteiger charge is -2.30. The van der Waals surface area contributed by atoms with E-state index in [4.69, 9.17) is 0 Å². The summed E-state index contributed by atoms with van der Waals surface area (Å²) >= 11 is 0. The fourth-order valence-corrected chi connectivity index (χ4v) is 2.56. The molecule has 2 heterocycles. The average Bonchev–Trinajstić information content (AvgIpc) is 2.30. The quantitative estimate of drug-likeness (QED) is 0.872. The van der Waals surface area contributed by atoms with Gasteiger partial charge in [-0.2, -0.15) is 0 Å². The van der Waals surface area contributed by atoms with Crippen molar-refractivity contribution in [2.75, 3.05) is 25.5 Å². The molecule has 1 aliphatic heterocycles. The molecule has 0 atom stereocenters. The molecular weight excluding hydrogens is 242 g/mol. The lowest BCUT2D eigenvalue weighted by atomic mass is 10.0. The fraction of sp³-hybridized carbons (Fsp3) is 0.571. The summed E-state index contributed by atoms with van der Waals surface area (Å²) < 4.78 is 0. The van der Waals surface area contributed by atoms with Crippen LogP contribution in [0.5, 0.6) is 0 Å². The van der Waals surface area contributed by atoms with E-state index in [1.165, 1.54) is 0 Å². The predicted molar refractivity (Wildman–Crippen MR) is 74.8 cm³/mol. The molecule has 5 nitrogen and oxygen atoms in total. The number of carboxylic acid groups (broad SMARTS) is 1. The van der Waals surface area contributed by atoms with Crippen molar-refractivity contribution >= 4 is 11.8 Å². The molecule has 1 aromatic heterocycles. The Hall–Kier alpha value is -1.62. The molecule has 0 unspecified atom stereocenters. The number of nitrogens with one attached hydrogen (secondary N) is 1. The standard InChI is InChI=1S/C14H21N3O2/c1-9-8-10(2)15-13(12(9)14(18)19)16-11-4-6-17(3)7-5-11/h8,11H,4-7H2,1-3H3,(H,15,16)(H,18,19). The van der Waals surface area contributed by atoms with E-state index in [0.29, 0.717) is 17.4 Å². The van der Waals surface area contributed by atoms with Crippen LogP contribution >= 0.6 is 0 Å². The molecule has 19 heavy (non-hydrogen) atoms. The molecule has 0 saturated carbocycles. The number of pyridine rings is 1. The molecule has 0 aromatic carbocycles. The van der Waals surface area contributed by atoms with Crippen LogP contribution in [0.3, 0.4) is 0 Å². The Bertz CT molecular complexity index is 480. The highest BCUT2D eigenvalue weighted by Gasteiger charge is 2.21. The van der Waals surface area contributed by atoms with Gasteiger partial charge in [-0.1, -0.05) is 0 Å². The van der Waals surface area contributed by atoms with Gasteiger partial charge in [-0.3, -0.25) is 0 Å². The zero-order valence-electron chi connectivity index (χ0n) is 11.7. The van der Waals surface area contributed by atoms with Crippen LogP contribution in [-0.2, 0) is 0 Å². The highest BCUT2D eigenvalue weighted by Crippen LogP contribution is 2.22. The van der Waals surface area contributed by atoms with Gasteiger partial charge in [-0.25, -0.2) is 9.78 Å². The molecule has 0 bridgehead atoms. The third kappa shape index (κ3) is 3.23. The first kappa shape index (κ1) is 13.8. The van der Waals surface area contributed by atoms with E-state index < -0.39 is 5.97 Å². The van der Waals surface area contributed by atoms with Crippen molar-refractivity contribution in [1.29, 1.82) is 0 Å². The second-order valence-corrected chi connectivity index (χ2v) is 5.33. The lowest BCUT2D eigenvalue weighted by Crippen LogP contribution is -2.37. The summed E-state index contributed by atoms with van der Waals surface area (Å²) in [4.78, 5) is 18.0. The first-order chi connectivity index (χ1) is 8.97. The summed E-state index contributed by atoms with van der Waals surface area (Å²) in [5.74, 6) is -0.403. The second kappa shape index (κ2) is 5.57. The minimum atomic E-state index is -0.916. The number of aryl methyl sites for hydroxylation is 2. The first-order valence-corrected chi connectivity index (χ1v) is 6.64. The molecule has 2 N–H and O–H groups in total. The topological polar surface area (TPSA) is 65.5 Å². The second-order valence-electron chi connectivity index (χ2n) is 5.33. The maximum absolute atomic E-state index is 11.4. The van der Waals surface area contributed by atoms with Gasteiger partial charge in [-0.05, 0) is 58.5 Å². The zero-order chi connectivity index (χ0) is 14.0. The number of hydrogen-bond acceptors (Lipinski definition) is 4. The molecule has 1 aromatic rings. The monoisotopic (exact) mass is 263 g/mol. The van der Waals surface area contributed by atoms with Gasteiger partial charge in [0.05, 0.1) is 0 Å². The molecule has 0 aliphatic carbocycles. The van der Waals surface area contributed by atoms with Crippen molar-refractivity contribution < 1.29 is 9.90 Å².